The summed E-state index contributed by atoms with van der Waals surface area (Å²) >= 11 is 1.33. The molecule has 0 bridgehead atoms. The number of aromatic nitrogens is 2. The van der Waals surface area contributed by atoms with Crippen LogP contribution in [0, 0.1) is 0 Å². The number of anilines is 1. The lowest BCUT2D eigenvalue weighted by molar-refractivity contribution is -0.123. The molecule has 1 heterocycles. The minimum atomic E-state index is -2.51. The van der Waals surface area contributed by atoms with Crippen molar-refractivity contribution in [1.82, 2.24) is 9.59 Å². The van der Waals surface area contributed by atoms with Crippen LogP contribution in [0.15, 0.2) is 29.2 Å². The molecule has 0 radical (unpaired) electrons. The molecule has 25 heavy (non-hydrogen) atoms. The molecule has 1 atom stereocenters. The lowest BCUT2D eigenvalue weighted by atomic mass is 10.3. The van der Waals surface area contributed by atoms with Crippen LogP contribution in [-0.4, -0.2) is 33.3 Å². The maximum Gasteiger partial charge on any atom is 0.352 e. The number of hydrogen-bond donors (Lipinski definition) is 1. The molecule has 134 valence electrons. The van der Waals surface area contributed by atoms with Gasteiger partial charge in [-0.2, -0.15) is 8.78 Å². The van der Waals surface area contributed by atoms with Crippen LogP contribution < -0.4 is 5.32 Å². The summed E-state index contributed by atoms with van der Waals surface area (Å²) in [6, 6.07) is 5.94. The number of hydrogen-bond acceptors (Lipinski definition) is 7. The fourth-order valence-electron chi connectivity index (χ4n) is 1.83. The van der Waals surface area contributed by atoms with E-state index in [0.29, 0.717) is 34.5 Å². The number of nitrogens with one attached hydrogen (secondary N) is 1. The Morgan fingerprint density at radius 2 is 2.00 bits per heavy atom. The highest BCUT2D eigenvalue weighted by Crippen LogP contribution is 2.26. The van der Waals surface area contributed by atoms with Gasteiger partial charge >= 0.3 is 5.97 Å². The highest BCUT2D eigenvalue weighted by Gasteiger charge is 2.23. The third-order valence-electron chi connectivity index (χ3n) is 3.08. The molecule has 0 aliphatic heterocycles. The molecular formula is C15H15F2N3O3S2. The van der Waals surface area contributed by atoms with E-state index in [2.05, 4.69) is 14.9 Å². The Morgan fingerprint density at radius 1 is 1.32 bits per heavy atom. The third-order valence-corrected chi connectivity index (χ3v) is 4.55. The Morgan fingerprint density at radius 3 is 2.60 bits per heavy atom. The molecule has 0 unspecified atom stereocenters. The van der Waals surface area contributed by atoms with E-state index in [1.54, 1.807) is 0 Å². The maximum atomic E-state index is 12.3. The number of alkyl halides is 2. The van der Waals surface area contributed by atoms with Crippen LogP contribution in [0.5, 0.6) is 0 Å². The average Bonchev–Trinajstić information content (AvgIpc) is 3.04. The summed E-state index contributed by atoms with van der Waals surface area (Å²) in [7, 11) is 0. The fourth-order valence-corrected chi connectivity index (χ4v) is 2.96. The molecule has 0 fully saturated rings. The van der Waals surface area contributed by atoms with E-state index in [9.17, 15) is 18.4 Å². The SMILES string of the molecule is CCc1nnsc1C(=O)O[C@@H](C)C(=O)Nc1ccc(SC(F)F)cc1. The van der Waals surface area contributed by atoms with Gasteiger partial charge < -0.3 is 10.1 Å². The van der Waals surface area contributed by atoms with Gasteiger partial charge in [0, 0.05) is 10.6 Å². The number of aryl methyl sites for hydroxylation is 1. The molecule has 0 aliphatic rings. The van der Waals surface area contributed by atoms with E-state index in [0.717, 1.165) is 11.5 Å². The van der Waals surface area contributed by atoms with Gasteiger partial charge in [0.05, 0.1) is 5.69 Å². The topological polar surface area (TPSA) is 81.2 Å². The van der Waals surface area contributed by atoms with Crippen LogP contribution in [-0.2, 0) is 16.0 Å². The van der Waals surface area contributed by atoms with E-state index < -0.39 is 23.7 Å². The monoisotopic (exact) mass is 387 g/mol. The largest absolute Gasteiger partial charge is 0.448 e. The molecular weight excluding hydrogens is 372 g/mol. The zero-order chi connectivity index (χ0) is 18.4. The number of amides is 1. The van der Waals surface area contributed by atoms with Gasteiger partial charge in [-0.25, -0.2) is 4.79 Å². The van der Waals surface area contributed by atoms with Crippen molar-refractivity contribution < 1.29 is 23.1 Å². The van der Waals surface area contributed by atoms with Crippen molar-refractivity contribution in [1.29, 1.82) is 0 Å². The molecule has 10 heteroatoms. The number of thioether (sulfide) groups is 1. The number of nitrogens with zero attached hydrogens (tertiary/aromatic N) is 2. The number of benzene rings is 1. The van der Waals surface area contributed by atoms with Crippen LogP contribution in [0.1, 0.15) is 29.2 Å². The molecule has 0 saturated heterocycles. The standard InChI is InChI=1S/C15H15F2N3O3S2/c1-3-11-12(25-20-19-11)14(22)23-8(2)13(21)18-9-4-6-10(7-5-9)24-15(16)17/h4-8,15H,3H2,1-2H3,(H,18,21)/t8-/m0/s1. The van der Waals surface area contributed by atoms with Crippen molar-refractivity contribution >= 4 is 40.9 Å². The Bertz CT molecular complexity index is 738. The summed E-state index contributed by atoms with van der Waals surface area (Å²) < 4.78 is 33.4. The van der Waals surface area contributed by atoms with Gasteiger partial charge in [0.25, 0.3) is 11.7 Å². The number of ether oxygens (including phenoxy) is 1. The number of carbonyl (C=O) groups is 2. The van der Waals surface area contributed by atoms with Crippen LogP contribution in [0.2, 0.25) is 0 Å². The van der Waals surface area contributed by atoms with Gasteiger partial charge in [-0.15, -0.1) is 5.10 Å². The Balaban J connectivity index is 1.92. The zero-order valence-electron chi connectivity index (χ0n) is 13.4. The van der Waals surface area contributed by atoms with Gasteiger partial charge in [-0.05, 0) is 49.1 Å². The van der Waals surface area contributed by atoms with Crippen molar-refractivity contribution in [2.24, 2.45) is 0 Å². The summed E-state index contributed by atoms with van der Waals surface area (Å²) in [6.07, 6.45) is -0.501. The van der Waals surface area contributed by atoms with E-state index in [1.165, 1.54) is 31.2 Å². The van der Waals surface area contributed by atoms with Gasteiger partial charge in [-0.1, -0.05) is 23.2 Å². The van der Waals surface area contributed by atoms with Crippen molar-refractivity contribution in [3.05, 3.63) is 34.8 Å². The Hall–Kier alpha value is -2.07. The van der Waals surface area contributed by atoms with Crippen molar-refractivity contribution in [2.45, 2.75) is 37.0 Å². The second-order valence-electron chi connectivity index (χ2n) is 4.84. The van der Waals surface area contributed by atoms with Crippen molar-refractivity contribution in [2.75, 3.05) is 5.32 Å². The van der Waals surface area contributed by atoms with Gasteiger partial charge in [0.2, 0.25) is 0 Å². The van der Waals surface area contributed by atoms with E-state index in [4.69, 9.17) is 4.74 Å². The first-order chi connectivity index (χ1) is 11.9. The molecule has 2 aromatic rings. The first-order valence-electron chi connectivity index (χ1n) is 7.28. The number of esters is 1. The summed E-state index contributed by atoms with van der Waals surface area (Å²) in [5.41, 5.74) is 0.940. The van der Waals surface area contributed by atoms with E-state index >= 15 is 0 Å². The summed E-state index contributed by atoms with van der Waals surface area (Å²) in [4.78, 5) is 24.8. The van der Waals surface area contributed by atoms with Gasteiger partial charge in [0.15, 0.2) is 11.0 Å². The van der Waals surface area contributed by atoms with E-state index in [1.807, 2.05) is 6.92 Å². The molecule has 0 spiro atoms. The van der Waals surface area contributed by atoms with Crippen molar-refractivity contribution in [3.8, 4) is 0 Å². The molecule has 1 aromatic carbocycles. The predicted molar refractivity (Wildman–Crippen MR) is 91.1 cm³/mol. The summed E-state index contributed by atoms with van der Waals surface area (Å²) in [5.74, 6) is -3.69. The lowest BCUT2D eigenvalue weighted by Gasteiger charge is -2.13. The van der Waals surface area contributed by atoms with Crippen LogP contribution >= 0.6 is 23.3 Å². The molecule has 0 saturated carbocycles. The fraction of sp³-hybridized carbons (Fsp3) is 0.333. The molecule has 1 N–H and O–H groups in total. The normalized spacial score (nSPS) is 12.0. The van der Waals surface area contributed by atoms with E-state index in [-0.39, 0.29) is 4.88 Å². The quantitative estimate of drug-likeness (QED) is 0.578. The number of carbonyl (C=O) groups excluding carboxylic acids is 2. The highest BCUT2D eigenvalue weighted by atomic mass is 32.2. The first-order valence-corrected chi connectivity index (χ1v) is 8.94. The van der Waals surface area contributed by atoms with Crippen LogP contribution in [0.25, 0.3) is 0 Å². The van der Waals surface area contributed by atoms with Crippen LogP contribution in [0.4, 0.5) is 14.5 Å². The molecule has 2 rings (SSSR count). The highest BCUT2D eigenvalue weighted by molar-refractivity contribution is 7.99. The maximum absolute atomic E-state index is 12.3. The third kappa shape index (κ3) is 5.46. The number of halogens is 2. The predicted octanol–water partition coefficient (Wildman–Crippen LogP) is 3.60. The minimum absolute atomic E-state index is 0.274. The summed E-state index contributed by atoms with van der Waals surface area (Å²) in [6.45, 7) is 3.27. The molecule has 1 amide bonds. The molecule has 0 aliphatic carbocycles. The zero-order valence-corrected chi connectivity index (χ0v) is 15.0. The molecule has 1 aromatic heterocycles. The van der Waals surface area contributed by atoms with Crippen LogP contribution in [0.3, 0.4) is 0 Å². The Kier molecular flexibility index (Phi) is 6.82. The average molecular weight is 387 g/mol. The van der Waals surface area contributed by atoms with Crippen molar-refractivity contribution in [3.63, 3.8) is 0 Å². The second kappa shape index (κ2) is 8.86. The number of rotatable bonds is 7. The first kappa shape index (κ1) is 19.3. The Labute approximate surface area is 151 Å². The molecule has 6 nitrogen and oxygen atoms in total. The minimum Gasteiger partial charge on any atom is -0.448 e. The second-order valence-corrected chi connectivity index (χ2v) is 6.66. The van der Waals surface area contributed by atoms with Gasteiger partial charge in [-0.3, -0.25) is 4.79 Å². The van der Waals surface area contributed by atoms with Gasteiger partial charge in [0.1, 0.15) is 0 Å². The smallest absolute Gasteiger partial charge is 0.352 e. The lowest BCUT2D eigenvalue weighted by Crippen LogP contribution is -2.30. The summed E-state index contributed by atoms with van der Waals surface area (Å²) in [5, 5.41) is 6.38.